The van der Waals surface area contributed by atoms with Gasteiger partial charge < -0.3 is 9.52 Å². The molecule has 1 heterocycles. The van der Waals surface area contributed by atoms with Crippen molar-refractivity contribution in [3.05, 3.63) is 34.6 Å². The maximum atomic E-state index is 9.97. The second-order valence-electron chi connectivity index (χ2n) is 1.38. The first-order chi connectivity index (χ1) is 5.22. The summed E-state index contributed by atoms with van der Waals surface area (Å²) in [5.74, 6) is -1.06. The zero-order valence-electron chi connectivity index (χ0n) is 5.39. The quantitative estimate of drug-likeness (QED) is 0.366. The SMILES string of the molecule is O=C(O)c1ccco1.[N-]=[N+]=N. The summed E-state index contributed by atoms with van der Waals surface area (Å²) in [5.41, 5.74) is 12.2. The molecule has 58 valence electrons. The third-order valence-electron chi connectivity index (χ3n) is 0.732. The lowest BCUT2D eigenvalue weighted by Gasteiger charge is -1.79. The minimum absolute atomic E-state index is 0.0231. The number of hydrogen-bond acceptors (Lipinski definition) is 3. The first-order valence-corrected chi connectivity index (χ1v) is 2.50. The van der Waals surface area contributed by atoms with Crippen molar-refractivity contribution in [2.75, 3.05) is 0 Å². The van der Waals surface area contributed by atoms with Crippen LogP contribution in [0.2, 0.25) is 0 Å². The Kier molecular flexibility index (Phi) is 4.03. The van der Waals surface area contributed by atoms with Crippen LogP contribution in [0.4, 0.5) is 0 Å². The largest absolute Gasteiger partial charge is 0.475 e. The fraction of sp³-hybridized carbons (Fsp3) is 0. The van der Waals surface area contributed by atoms with Crippen molar-refractivity contribution in [2.45, 2.75) is 0 Å². The Labute approximate surface area is 61.5 Å². The Balaban J connectivity index is 0.000000292. The minimum atomic E-state index is -1.03. The number of furan rings is 1. The number of carboxylic acid groups (broad SMARTS) is 1. The van der Waals surface area contributed by atoms with Gasteiger partial charge in [0.05, 0.1) is 6.26 Å². The van der Waals surface area contributed by atoms with Crippen LogP contribution in [0.1, 0.15) is 10.6 Å². The summed E-state index contributed by atoms with van der Waals surface area (Å²) in [7, 11) is 0. The van der Waals surface area contributed by atoms with Crippen LogP contribution in [0.5, 0.6) is 0 Å². The Morgan fingerprint density at radius 2 is 2.36 bits per heavy atom. The molecular weight excluding hydrogens is 150 g/mol. The molecule has 0 spiro atoms. The topological polar surface area (TPSA) is 111 Å². The lowest BCUT2D eigenvalue weighted by Crippen LogP contribution is -1.90. The normalized spacial score (nSPS) is 7.27. The molecule has 0 saturated carbocycles. The molecule has 1 aromatic rings. The Morgan fingerprint density at radius 1 is 1.82 bits per heavy atom. The molecule has 6 heteroatoms. The number of hydrogen-bond donors (Lipinski definition) is 2. The Hall–Kier alpha value is -1.94. The van der Waals surface area contributed by atoms with Crippen molar-refractivity contribution in [3.63, 3.8) is 0 Å². The highest BCUT2D eigenvalue weighted by atomic mass is 16.4. The van der Waals surface area contributed by atoms with E-state index in [2.05, 4.69) is 4.42 Å². The van der Waals surface area contributed by atoms with Gasteiger partial charge in [0.2, 0.25) is 5.76 Å². The fourth-order valence-corrected chi connectivity index (χ4v) is 0.400. The maximum absolute atomic E-state index is 9.97. The van der Waals surface area contributed by atoms with Gasteiger partial charge in [-0.25, -0.2) is 4.79 Å². The molecule has 1 rings (SSSR count). The second kappa shape index (κ2) is 4.89. The molecule has 0 aliphatic heterocycles. The van der Waals surface area contributed by atoms with E-state index in [0.717, 1.165) is 0 Å². The van der Waals surface area contributed by atoms with Gasteiger partial charge in [0, 0.05) is 0 Å². The maximum Gasteiger partial charge on any atom is 0.371 e. The summed E-state index contributed by atoms with van der Waals surface area (Å²) in [6.07, 6.45) is 1.32. The zero-order chi connectivity index (χ0) is 8.69. The zero-order valence-corrected chi connectivity index (χ0v) is 5.39. The number of rotatable bonds is 1. The van der Waals surface area contributed by atoms with E-state index < -0.39 is 5.97 Å². The minimum Gasteiger partial charge on any atom is -0.475 e. The van der Waals surface area contributed by atoms with Gasteiger partial charge in [0.15, 0.2) is 0 Å². The van der Waals surface area contributed by atoms with Crippen molar-refractivity contribution < 1.29 is 14.3 Å². The second-order valence-corrected chi connectivity index (χ2v) is 1.38. The van der Waals surface area contributed by atoms with Gasteiger partial charge in [-0.05, 0) is 22.6 Å². The summed E-state index contributed by atoms with van der Waals surface area (Å²) in [6, 6.07) is 2.92. The number of carboxylic acids is 1. The van der Waals surface area contributed by atoms with Gasteiger partial charge in [-0.2, -0.15) is 0 Å². The van der Waals surface area contributed by atoms with E-state index in [-0.39, 0.29) is 5.76 Å². The van der Waals surface area contributed by atoms with Crippen molar-refractivity contribution in [1.29, 1.82) is 5.53 Å². The number of nitrogens with one attached hydrogen (secondary N) is 1. The number of aromatic carboxylic acids is 1. The fourth-order valence-electron chi connectivity index (χ4n) is 0.400. The van der Waals surface area contributed by atoms with E-state index in [1.165, 1.54) is 18.4 Å². The van der Waals surface area contributed by atoms with Gasteiger partial charge in [-0.1, -0.05) is 0 Å². The van der Waals surface area contributed by atoms with Crippen LogP contribution in [0.15, 0.2) is 22.8 Å². The lowest BCUT2D eigenvalue weighted by atomic mass is 10.5. The molecule has 0 aromatic carbocycles. The molecule has 0 bridgehead atoms. The summed E-state index contributed by atoms with van der Waals surface area (Å²) >= 11 is 0. The molecule has 0 aliphatic carbocycles. The summed E-state index contributed by atoms with van der Waals surface area (Å²) in [6.45, 7) is 0. The average Bonchev–Trinajstić information content (AvgIpc) is 2.38. The standard InChI is InChI=1S/C5H4O3.HN3/c6-5(7)4-2-1-3-8-4;1-3-2/h1-3H,(H,6,7);1H. The van der Waals surface area contributed by atoms with E-state index in [0.29, 0.717) is 0 Å². The Morgan fingerprint density at radius 3 is 2.55 bits per heavy atom. The molecule has 11 heavy (non-hydrogen) atoms. The van der Waals surface area contributed by atoms with E-state index >= 15 is 0 Å². The highest BCUT2D eigenvalue weighted by Gasteiger charge is 2.01. The first-order valence-electron chi connectivity index (χ1n) is 2.50. The van der Waals surface area contributed by atoms with Crippen LogP contribution in [0.3, 0.4) is 0 Å². The number of nitrogens with zero attached hydrogens (tertiary/aromatic N) is 2. The molecule has 0 fully saturated rings. The van der Waals surface area contributed by atoms with Crippen molar-refractivity contribution in [1.82, 2.24) is 0 Å². The summed E-state index contributed by atoms with van der Waals surface area (Å²) in [5, 5.41) is 8.18. The van der Waals surface area contributed by atoms with Gasteiger partial charge in [-0.3, -0.25) is 0 Å². The van der Waals surface area contributed by atoms with E-state index in [4.69, 9.17) is 16.2 Å². The molecule has 0 radical (unpaired) electrons. The van der Waals surface area contributed by atoms with Crippen molar-refractivity contribution in [3.8, 4) is 0 Å². The van der Waals surface area contributed by atoms with Crippen LogP contribution in [-0.2, 0) is 0 Å². The Bertz CT molecular complexity index is 248. The van der Waals surface area contributed by atoms with E-state index in [9.17, 15) is 4.79 Å². The van der Waals surface area contributed by atoms with Crippen LogP contribution >= 0.6 is 0 Å². The van der Waals surface area contributed by atoms with Crippen LogP contribution in [-0.4, -0.2) is 11.1 Å². The van der Waals surface area contributed by atoms with Gasteiger partial charge in [0.25, 0.3) is 0 Å². The molecule has 0 aliphatic rings. The molecule has 1 aromatic heterocycles. The highest BCUT2D eigenvalue weighted by Crippen LogP contribution is 1.97. The van der Waals surface area contributed by atoms with E-state index in [1.807, 2.05) is 0 Å². The van der Waals surface area contributed by atoms with E-state index in [1.54, 1.807) is 4.91 Å². The van der Waals surface area contributed by atoms with Crippen molar-refractivity contribution >= 4 is 5.97 Å². The van der Waals surface area contributed by atoms with Crippen LogP contribution in [0, 0.1) is 5.53 Å². The molecule has 0 saturated heterocycles. The smallest absolute Gasteiger partial charge is 0.371 e. The molecule has 2 N–H and O–H groups in total. The first kappa shape index (κ1) is 9.06. The van der Waals surface area contributed by atoms with Crippen LogP contribution < -0.4 is 0 Å². The third kappa shape index (κ3) is 3.61. The summed E-state index contributed by atoms with van der Waals surface area (Å²) in [4.78, 5) is 11.7. The van der Waals surface area contributed by atoms with Gasteiger partial charge >= 0.3 is 5.97 Å². The highest BCUT2D eigenvalue weighted by molar-refractivity contribution is 5.84. The van der Waals surface area contributed by atoms with Gasteiger partial charge in [0.1, 0.15) is 0 Å². The third-order valence-corrected chi connectivity index (χ3v) is 0.732. The van der Waals surface area contributed by atoms with Crippen LogP contribution in [0.25, 0.3) is 10.4 Å². The predicted octanol–water partition coefficient (Wildman–Crippen LogP) is 1.85. The average molecular weight is 155 g/mol. The molecule has 6 nitrogen and oxygen atoms in total. The lowest BCUT2D eigenvalue weighted by molar-refractivity contribution is 0.0662. The molecule has 0 atom stereocenters. The summed E-state index contributed by atoms with van der Waals surface area (Å²) < 4.78 is 4.50. The van der Waals surface area contributed by atoms with Gasteiger partial charge in [-0.15, -0.1) is 5.53 Å². The molecule has 0 unspecified atom stereocenters. The molecular formula is C5H5N3O3. The monoisotopic (exact) mass is 155 g/mol. The predicted molar refractivity (Wildman–Crippen MR) is 35.1 cm³/mol. The van der Waals surface area contributed by atoms with Crippen molar-refractivity contribution in [2.24, 2.45) is 0 Å². The molecule has 0 amide bonds. The number of carbonyl (C=O) groups is 1.